The van der Waals surface area contributed by atoms with Crippen molar-refractivity contribution in [2.45, 2.75) is 19.8 Å². The van der Waals surface area contributed by atoms with E-state index in [0.717, 1.165) is 28.9 Å². The van der Waals surface area contributed by atoms with Gasteiger partial charge >= 0.3 is 5.69 Å². The first-order valence-electron chi connectivity index (χ1n) is 6.31. The summed E-state index contributed by atoms with van der Waals surface area (Å²) in [7, 11) is 3.07. The summed E-state index contributed by atoms with van der Waals surface area (Å²) in [6, 6.07) is 0. The lowest BCUT2D eigenvalue weighted by Crippen LogP contribution is -2.33. The highest BCUT2D eigenvalue weighted by Crippen LogP contribution is 2.18. The largest absolute Gasteiger partial charge is 0.341 e. The molecule has 0 aliphatic heterocycles. The Kier molecular flexibility index (Phi) is 4.03. The zero-order valence-corrected chi connectivity index (χ0v) is 12.4. The van der Waals surface area contributed by atoms with E-state index in [9.17, 15) is 14.4 Å². The summed E-state index contributed by atoms with van der Waals surface area (Å²) in [5.74, 6) is -0.227. The van der Waals surface area contributed by atoms with E-state index >= 15 is 0 Å². The SMILES string of the molecule is CCCCN(C)C(=O)c1snc2c(=O)n(C)c(=O)[nH]c12. The highest BCUT2D eigenvalue weighted by atomic mass is 32.1. The third-order valence-electron chi connectivity index (χ3n) is 3.12. The van der Waals surface area contributed by atoms with Crippen molar-refractivity contribution in [1.82, 2.24) is 18.8 Å². The average Bonchev–Trinajstić information content (AvgIpc) is 2.85. The number of carbonyl (C=O) groups excluding carboxylic acids is 1. The predicted molar refractivity (Wildman–Crippen MR) is 77.4 cm³/mol. The van der Waals surface area contributed by atoms with Gasteiger partial charge in [-0.2, -0.15) is 4.37 Å². The van der Waals surface area contributed by atoms with Gasteiger partial charge in [0, 0.05) is 20.6 Å². The van der Waals surface area contributed by atoms with Gasteiger partial charge in [0.1, 0.15) is 4.88 Å². The molecule has 1 N–H and O–H groups in total. The maximum Gasteiger partial charge on any atom is 0.328 e. The van der Waals surface area contributed by atoms with Crippen molar-refractivity contribution >= 4 is 28.5 Å². The van der Waals surface area contributed by atoms with Crippen LogP contribution in [0.25, 0.3) is 11.0 Å². The van der Waals surface area contributed by atoms with Gasteiger partial charge in [-0.3, -0.25) is 14.2 Å². The van der Waals surface area contributed by atoms with Gasteiger partial charge in [-0.25, -0.2) is 4.79 Å². The molecule has 0 fully saturated rings. The van der Waals surface area contributed by atoms with Gasteiger partial charge < -0.3 is 9.88 Å². The van der Waals surface area contributed by atoms with Crippen LogP contribution < -0.4 is 11.2 Å². The van der Waals surface area contributed by atoms with Crippen LogP contribution >= 0.6 is 11.5 Å². The fraction of sp³-hybridized carbons (Fsp3) is 0.500. The Bertz CT molecular complexity index is 758. The molecule has 7 nitrogen and oxygen atoms in total. The number of nitrogens with zero attached hydrogens (tertiary/aromatic N) is 3. The van der Waals surface area contributed by atoms with Gasteiger partial charge in [0.2, 0.25) is 0 Å². The smallest absolute Gasteiger partial charge is 0.328 e. The van der Waals surface area contributed by atoms with Crippen molar-refractivity contribution in [2.24, 2.45) is 7.05 Å². The zero-order chi connectivity index (χ0) is 14.9. The number of aromatic amines is 1. The standard InChI is InChI=1S/C12H16N4O3S/c1-4-5-6-15(2)11(18)9-7-8(14-20-9)10(17)16(3)12(19)13-7/h4-6H2,1-3H3,(H,13,19). The molecule has 0 unspecified atom stereocenters. The van der Waals surface area contributed by atoms with E-state index in [2.05, 4.69) is 9.36 Å². The van der Waals surface area contributed by atoms with Crippen LogP contribution in [0, 0.1) is 0 Å². The monoisotopic (exact) mass is 296 g/mol. The Balaban J connectivity index is 2.49. The Morgan fingerprint density at radius 1 is 1.45 bits per heavy atom. The fourth-order valence-corrected chi connectivity index (χ4v) is 2.63. The number of amides is 1. The Labute approximate surface area is 119 Å². The molecule has 0 bridgehead atoms. The minimum Gasteiger partial charge on any atom is -0.341 e. The highest BCUT2D eigenvalue weighted by Gasteiger charge is 2.21. The Morgan fingerprint density at radius 3 is 2.80 bits per heavy atom. The molecule has 8 heteroatoms. The third-order valence-corrected chi connectivity index (χ3v) is 3.96. The highest BCUT2D eigenvalue weighted by molar-refractivity contribution is 7.09. The summed E-state index contributed by atoms with van der Waals surface area (Å²) >= 11 is 0.940. The topological polar surface area (TPSA) is 88.1 Å². The number of H-pyrrole nitrogens is 1. The molecule has 2 aromatic heterocycles. The van der Waals surface area contributed by atoms with Gasteiger partial charge in [-0.05, 0) is 18.0 Å². The molecule has 0 saturated heterocycles. The summed E-state index contributed by atoms with van der Waals surface area (Å²) in [4.78, 5) is 40.2. The molecule has 0 atom stereocenters. The van der Waals surface area contributed by atoms with Crippen LogP contribution in [-0.4, -0.2) is 38.3 Å². The van der Waals surface area contributed by atoms with E-state index in [1.807, 2.05) is 6.92 Å². The first-order chi connectivity index (χ1) is 9.47. The lowest BCUT2D eigenvalue weighted by atomic mass is 10.3. The number of aromatic nitrogens is 3. The van der Waals surface area contributed by atoms with Crippen LogP contribution in [0.3, 0.4) is 0 Å². The van der Waals surface area contributed by atoms with E-state index in [0.29, 0.717) is 11.4 Å². The first kappa shape index (κ1) is 14.4. The number of rotatable bonds is 4. The van der Waals surface area contributed by atoms with Crippen LogP contribution in [-0.2, 0) is 7.05 Å². The molecule has 0 aliphatic rings. The molecule has 2 aromatic rings. The molecule has 108 valence electrons. The molecule has 0 radical (unpaired) electrons. The molecule has 0 aromatic carbocycles. The lowest BCUT2D eigenvalue weighted by molar-refractivity contribution is 0.0799. The number of carbonyl (C=O) groups is 1. The van der Waals surface area contributed by atoms with Crippen LogP contribution in [0.1, 0.15) is 29.4 Å². The molecule has 0 aliphatic carbocycles. The Hall–Kier alpha value is -1.96. The van der Waals surface area contributed by atoms with Crippen LogP contribution in [0.2, 0.25) is 0 Å². The summed E-state index contributed by atoms with van der Waals surface area (Å²) in [5.41, 5.74) is -0.677. The molecule has 2 heterocycles. The van der Waals surface area contributed by atoms with Gasteiger partial charge in [-0.1, -0.05) is 13.3 Å². The van der Waals surface area contributed by atoms with Crippen molar-refractivity contribution < 1.29 is 4.79 Å². The minimum atomic E-state index is -0.548. The van der Waals surface area contributed by atoms with Crippen molar-refractivity contribution in [3.05, 3.63) is 25.7 Å². The van der Waals surface area contributed by atoms with Crippen LogP contribution in [0.4, 0.5) is 0 Å². The molecular formula is C12H16N4O3S. The molecule has 0 spiro atoms. The molecule has 2 rings (SSSR count). The summed E-state index contributed by atoms with van der Waals surface area (Å²) < 4.78 is 4.94. The van der Waals surface area contributed by atoms with E-state index < -0.39 is 11.2 Å². The number of hydrogen-bond donors (Lipinski definition) is 1. The summed E-state index contributed by atoms with van der Waals surface area (Å²) in [6.45, 7) is 2.67. The van der Waals surface area contributed by atoms with Crippen molar-refractivity contribution in [3.8, 4) is 0 Å². The van der Waals surface area contributed by atoms with Crippen molar-refractivity contribution in [1.29, 1.82) is 0 Å². The predicted octanol–water partition coefficient (Wildman–Crippen LogP) is 0.555. The number of fused-ring (bicyclic) bond motifs is 1. The van der Waals surface area contributed by atoms with Crippen molar-refractivity contribution in [2.75, 3.05) is 13.6 Å². The van der Waals surface area contributed by atoms with Gasteiger partial charge in [0.25, 0.3) is 11.5 Å². The van der Waals surface area contributed by atoms with Crippen LogP contribution in [0.5, 0.6) is 0 Å². The Morgan fingerprint density at radius 2 is 2.15 bits per heavy atom. The van der Waals surface area contributed by atoms with E-state index in [1.165, 1.54) is 7.05 Å². The molecule has 0 saturated carbocycles. The van der Waals surface area contributed by atoms with E-state index in [-0.39, 0.29) is 16.9 Å². The zero-order valence-electron chi connectivity index (χ0n) is 11.6. The van der Waals surface area contributed by atoms with Gasteiger partial charge in [-0.15, -0.1) is 0 Å². The fourth-order valence-electron chi connectivity index (χ4n) is 1.81. The third kappa shape index (κ3) is 2.38. The molecule has 20 heavy (non-hydrogen) atoms. The van der Waals surface area contributed by atoms with Crippen molar-refractivity contribution in [3.63, 3.8) is 0 Å². The maximum absolute atomic E-state index is 12.3. The quantitative estimate of drug-likeness (QED) is 0.892. The number of hydrogen-bond acceptors (Lipinski definition) is 5. The van der Waals surface area contributed by atoms with E-state index in [1.54, 1.807) is 11.9 Å². The van der Waals surface area contributed by atoms with Gasteiger partial charge in [0.05, 0.1) is 5.52 Å². The second-order valence-corrected chi connectivity index (χ2v) is 5.38. The normalized spacial score (nSPS) is 10.9. The molecular weight excluding hydrogens is 280 g/mol. The van der Waals surface area contributed by atoms with Crippen LogP contribution in [0.15, 0.2) is 9.59 Å². The van der Waals surface area contributed by atoms with E-state index in [4.69, 9.17) is 0 Å². The first-order valence-corrected chi connectivity index (χ1v) is 7.08. The minimum absolute atomic E-state index is 0.129. The number of unbranched alkanes of at least 4 members (excludes halogenated alkanes) is 1. The lowest BCUT2D eigenvalue weighted by Gasteiger charge is -2.15. The maximum atomic E-state index is 12.3. The summed E-state index contributed by atoms with van der Waals surface area (Å²) in [6.07, 6.45) is 1.88. The second-order valence-electron chi connectivity index (χ2n) is 4.61. The summed E-state index contributed by atoms with van der Waals surface area (Å²) in [5, 5.41) is 0. The molecule has 1 amide bonds. The average molecular weight is 296 g/mol. The number of nitrogens with one attached hydrogen (secondary N) is 1. The van der Waals surface area contributed by atoms with Gasteiger partial charge in [0.15, 0.2) is 5.52 Å². The second kappa shape index (κ2) is 5.58.